The monoisotopic (exact) mass is 328 g/mol. The Morgan fingerprint density at radius 3 is 2.89 bits per heavy atom. The summed E-state index contributed by atoms with van der Waals surface area (Å²) in [7, 11) is -2.94. The third-order valence-corrected chi connectivity index (χ3v) is 5.24. The second-order valence-corrected chi connectivity index (χ2v) is 7.54. The summed E-state index contributed by atoms with van der Waals surface area (Å²) >= 11 is 3.35. The van der Waals surface area contributed by atoms with Gasteiger partial charge in [-0.15, -0.1) is 0 Å². The average Bonchev–Trinajstić information content (AvgIpc) is 2.28. The minimum atomic E-state index is -2.94. The summed E-state index contributed by atoms with van der Waals surface area (Å²) in [5.41, 5.74) is 1.22. The summed E-state index contributed by atoms with van der Waals surface area (Å²) in [5, 5.41) is 12.2. The van der Waals surface area contributed by atoms with Crippen LogP contribution < -0.4 is 5.32 Å². The molecule has 1 aliphatic rings. The number of rotatable bonds is 2. The normalized spacial score (nSPS) is 22.1. The van der Waals surface area contributed by atoms with Crippen molar-refractivity contribution in [2.75, 3.05) is 16.8 Å². The first-order valence-electron chi connectivity index (χ1n) is 5.67. The van der Waals surface area contributed by atoms with Gasteiger partial charge in [-0.3, -0.25) is 0 Å². The third kappa shape index (κ3) is 3.24. The van der Waals surface area contributed by atoms with Crippen LogP contribution in [0.1, 0.15) is 18.4 Å². The van der Waals surface area contributed by atoms with E-state index in [1.54, 1.807) is 18.2 Å². The number of hydrogen-bond acceptors (Lipinski definition) is 4. The Kier molecular flexibility index (Phi) is 3.93. The number of anilines is 1. The van der Waals surface area contributed by atoms with E-state index in [-0.39, 0.29) is 17.5 Å². The minimum absolute atomic E-state index is 0.106. The molecule has 18 heavy (non-hydrogen) atoms. The standard InChI is InChI=1S/C12H13BrN2O2S/c13-10-4-3-9(7-14)12(6-10)15-11-2-1-5-18(16,17)8-11/h3-4,6,11,15H,1-2,5,8H2. The fourth-order valence-electron chi connectivity index (χ4n) is 2.09. The molecule has 0 saturated carbocycles. The van der Waals surface area contributed by atoms with Crippen molar-refractivity contribution in [2.45, 2.75) is 18.9 Å². The number of halogens is 1. The molecule has 96 valence electrons. The number of sulfone groups is 1. The Labute approximate surface area is 115 Å². The Morgan fingerprint density at radius 1 is 1.44 bits per heavy atom. The van der Waals surface area contributed by atoms with E-state index in [0.29, 0.717) is 17.7 Å². The van der Waals surface area contributed by atoms with Gasteiger partial charge in [0, 0.05) is 10.5 Å². The maximum atomic E-state index is 11.6. The number of benzene rings is 1. The predicted octanol–water partition coefficient (Wildman–Crippen LogP) is 2.31. The van der Waals surface area contributed by atoms with Crippen molar-refractivity contribution in [1.82, 2.24) is 0 Å². The summed E-state index contributed by atoms with van der Waals surface area (Å²) < 4.78 is 24.0. The van der Waals surface area contributed by atoms with E-state index < -0.39 is 9.84 Å². The zero-order chi connectivity index (χ0) is 13.2. The van der Waals surface area contributed by atoms with E-state index in [4.69, 9.17) is 5.26 Å². The molecule has 6 heteroatoms. The van der Waals surface area contributed by atoms with Crippen molar-refractivity contribution in [1.29, 1.82) is 5.26 Å². The molecule has 1 aliphatic heterocycles. The highest BCUT2D eigenvalue weighted by Gasteiger charge is 2.25. The molecule has 1 saturated heterocycles. The second kappa shape index (κ2) is 5.29. The molecular weight excluding hydrogens is 316 g/mol. The molecule has 2 rings (SSSR count). The van der Waals surface area contributed by atoms with Gasteiger partial charge >= 0.3 is 0 Å². The van der Waals surface area contributed by atoms with E-state index in [1.807, 2.05) is 0 Å². The van der Waals surface area contributed by atoms with Crippen molar-refractivity contribution < 1.29 is 8.42 Å². The molecule has 1 heterocycles. The van der Waals surface area contributed by atoms with E-state index in [2.05, 4.69) is 27.3 Å². The molecule has 0 bridgehead atoms. The number of nitrogens with zero attached hydrogens (tertiary/aromatic N) is 1. The van der Waals surface area contributed by atoms with Crippen LogP contribution in [0.2, 0.25) is 0 Å². The van der Waals surface area contributed by atoms with Gasteiger partial charge in [-0.2, -0.15) is 5.26 Å². The zero-order valence-corrected chi connectivity index (χ0v) is 12.1. The van der Waals surface area contributed by atoms with Crippen LogP contribution in [0.25, 0.3) is 0 Å². The predicted molar refractivity (Wildman–Crippen MR) is 74.2 cm³/mol. The van der Waals surface area contributed by atoms with Crippen molar-refractivity contribution in [3.63, 3.8) is 0 Å². The van der Waals surface area contributed by atoms with Gasteiger partial charge in [0.25, 0.3) is 0 Å². The number of nitrogens with one attached hydrogen (secondary N) is 1. The number of hydrogen-bond donors (Lipinski definition) is 1. The molecule has 0 spiro atoms. The maximum absolute atomic E-state index is 11.6. The summed E-state index contributed by atoms with van der Waals surface area (Å²) in [6, 6.07) is 7.30. The smallest absolute Gasteiger partial charge is 0.152 e. The largest absolute Gasteiger partial charge is 0.380 e. The molecular formula is C12H13BrN2O2S. The second-order valence-electron chi connectivity index (χ2n) is 4.40. The molecule has 1 aromatic carbocycles. The summed E-state index contributed by atoms with van der Waals surface area (Å²) in [6.45, 7) is 0. The van der Waals surface area contributed by atoms with Crippen LogP contribution in [-0.2, 0) is 9.84 Å². The van der Waals surface area contributed by atoms with E-state index in [0.717, 1.165) is 10.9 Å². The van der Waals surface area contributed by atoms with Crippen LogP contribution in [0.4, 0.5) is 5.69 Å². The number of nitriles is 1. The lowest BCUT2D eigenvalue weighted by Crippen LogP contribution is -2.35. The van der Waals surface area contributed by atoms with Crippen molar-refractivity contribution in [3.8, 4) is 6.07 Å². The fourth-order valence-corrected chi connectivity index (χ4v) is 4.09. The summed E-state index contributed by atoms with van der Waals surface area (Å²) in [6.07, 6.45) is 1.49. The van der Waals surface area contributed by atoms with Gasteiger partial charge in [0.1, 0.15) is 6.07 Å². The van der Waals surface area contributed by atoms with Crippen LogP contribution in [0.15, 0.2) is 22.7 Å². The van der Waals surface area contributed by atoms with Crippen molar-refractivity contribution in [2.24, 2.45) is 0 Å². The van der Waals surface area contributed by atoms with Crippen LogP contribution in [0.3, 0.4) is 0 Å². The SMILES string of the molecule is N#Cc1ccc(Br)cc1NC1CCCS(=O)(=O)C1. The van der Waals surface area contributed by atoms with Crippen LogP contribution in [-0.4, -0.2) is 26.0 Å². The highest BCUT2D eigenvalue weighted by molar-refractivity contribution is 9.10. The Hall–Kier alpha value is -1.06. The van der Waals surface area contributed by atoms with Crippen molar-refractivity contribution in [3.05, 3.63) is 28.2 Å². The minimum Gasteiger partial charge on any atom is -0.380 e. The van der Waals surface area contributed by atoms with Crippen molar-refractivity contribution >= 4 is 31.5 Å². The first kappa shape index (κ1) is 13.4. The van der Waals surface area contributed by atoms with Crippen LogP contribution >= 0.6 is 15.9 Å². The van der Waals surface area contributed by atoms with Gasteiger partial charge < -0.3 is 5.32 Å². The van der Waals surface area contributed by atoms with Gasteiger partial charge in [-0.05, 0) is 31.0 Å². The fraction of sp³-hybridized carbons (Fsp3) is 0.417. The Morgan fingerprint density at radius 2 is 2.22 bits per heavy atom. The quantitative estimate of drug-likeness (QED) is 0.904. The first-order valence-corrected chi connectivity index (χ1v) is 8.28. The highest BCUT2D eigenvalue weighted by atomic mass is 79.9. The van der Waals surface area contributed by atoms with Gasteiger partial charge in [-0.25, -0.2) is 8.42 Å². The lowest BCUT2D eigenvalue weighted by molar-refractivity contribution is 0.562. The molecule has 1 aromatic rings. The molecule has 1 N–H and O–H groups in total. The lowest BCUT2D eigenvalue weighted by Gasteiger charge is -2.24. The van der Waals surface area contributed by atoms with Gasteiger partial charge in [0.2, 0.25) is 0 Å². The molecule has 1 unspecified atom stereocenters. The molecule has 0 amide bonds. The van der Waals surface area contributed by atoms with E-state index in [9.17, 15) is 8.42 Å². The summed E-state index contributed by atoms with van der Waals surface area (Å²) in [5.74, 6) is 0.416. The topological polar surface area (TPSA) is 70.0 Å². The molecule has 0 aromatic heterocycles. The molecule has 1 fully saturated rings. The molecule has 0 aliphatic carbocycles. The van der Waals surface area contributed by atoms with E-state index in [1.165, 1.54) is 0 Å². The van der Waals surface area contributed by atoms with E-state index >= 15 is 0 Å². The molecule has 0 radical (unpaired) electrons. The van der Waals surface area contributed by atoms with Crippen LogP contribution in [0, 0.1) is 11.3 Å². The molecule has 4 nitrogen and oxygen atoms in total. The zero-order valence-electron chi connectivity index (χ0n) is 9.69. The first-order chi connectivity index (χ1) is 8.50. The average molecular weight is 329 g/mol. The van der Waals surface area contributed by atoms with Crippen LogP contribution in [0.5, 0.6) is 0 Å². The summed E-state index contributed by atoms with van der Waals surface area (Å²) in [4.78, 5) is 0. The lowest BCUT2D eigenvalue weighted by atomic mass is 10.1. The Balaban J connectivity index is 2.19. The van der Waals surface area contributed by atoms with Gasteiger partial charge in [0.05, 0.1) is 22.8 Å². The van der Waals surface area contributed by atoms with Gasteiger partial charge in [-0.1, -0.05) is 15.9 Å². The Bertz CT molecular complexity index is 593. The molecule has 1 atom stereocenters. The highest BCUT2D eigenvalue weighted by Crippen LogP contribution is 2.24. The maximum Gasteiger partial charge on any atom is 0.152 e. The van der Waals surface area contributed by atoms with Gasteiger partial charge in [0.15, 0.2) is 9.84 Å². The third-order valence-electron chi connectivity index (χ3n) is 2.92.